The second-order valence-electron chi connectivity index (χ2n) is 4.13. The van der Waals surface area contributed by atoms with Crippen LogP contribution in [0.4, 0.5) is 0 Å². The number of rotatable bonds is 3. The fourth-order valence-corrected chi connectivity index (χ4v) is 2.16. The standard InChI is InChI=1S/C12H14ClN3O3/c1-2-19-12(18)9-4-3-5-16(9)11(17)8-6-15-10(13)7-14-8/h6-7,9H,2-5H2,1H3. The number of halogens is 1. The van der Waals surface area contributed by atoms with Crippen molar-refractivity contribution >= 4 is 23.5 Å². The third kappa shape index (κ3) is 3.01. The molecule has 0 spiro atoms. The summed E-state index contributed by atoms with van der Waals surface area (Å²) < 4.78 is 4.97. The van der Waals surface area contributed by atoms with Gasteiger partial charge in [-0.15, -0.1) is 0 Å². The lowest BCUT2D eigenvalue weighted by Crippen LogP contribution is -2.41. The van der Waals surface area contributed by atoms with Gasteiger partial charge in [-0.2, -0.15) is 0 Å². The maximum atomic E-state index is 12.2. The lowest BCUT2D eigenvalue weighted by Gasteiger charge is -2.22. The Hall–Kier alpha value is -1.69. The van der Waals surface area contributed by atoms with Gasteiger partial charge in [0, 0.05) is 6.54 Å². The Balaban J connectivity index is 2.13. The zero-order valence-electron chi connectivity index (χ0n) is 10.5. The van der Waals surface area contributed by atoms with Gasteiger partial charge in [0.15, 0.2) is 0 Å². The minimum absolute atomic E-state index is 0.181. The minimum atomic E-state index is -0.523. The monoisotopic (exact) mass is 283 g/mol. The summed E-state index contributed by atoms with van der Waals surface area (Å²) >= 11 is 5.62. The highest BCUT2D eigenvalue weighted by Gasteiger charge is 2.36. The number of carbonyl (C=O) groups excluding carboxylic acids is 2. The van der Waals surface area contributed by atoms with Crippen LogP contribution in [0.2, 0.25) is 5.15 Å². The van der Waals surface area contributed by atoms with Gasteiger partial charge in [-0.1, -0.05) is 11.6 Å². The maximum Gasteiger partial charge on any atom is 0.328 e. The molecule has 2 heterocycles. The van der Waals surface area contributed by atoms with E-state index < -0.39 is 6.04 Å². The molecule has 7 heteroatoms. The molecular weight excluding hydrogens is 270 g/mol. The third-order valence-electron chi connectivity index (χ3n) is 2.91. The predicted molar refractivity (Wildman–Crippen MR) is 67.7 cm³/mol. The molecule has 19 heavy (non-hydrogen) atoms. The first kappa shape index (κ1) is 13.7. The number of aromatic nitrogens is 2. The molecule has 1 atom stereocenters. The quantitative estimate of drug-likeness (QED) is 0.782. The van der Waals surface area contributed by atoms with E-state index in [1.165, 1.54) is 17.3 Å². The lowest BCUT2D eigenvalue weighted by molar-refractivity contribution is -0.147. The maximum absolute atomic E-state index is 12.2. The Labute approximate surface area is 115 Å². The molecule has 2 rings (SSSR count). The van der Waals surface area contributed by atoms with E-state index in [0.29, 0.717) is 19.6 Å². The molecule has 6 nitrogen and oxygen atoms in total. The van der Waals surface area contributed by atoms with Gasteiger partial charge < -0.3 is 9.64 Å². The zero-order chi connectivity index (χ0) is 13.8. The van der Waals surface area contributed by atoms with E-state index in [1.807, 2.05) is 0 Å². The molecule has 102 valence electrons. The van der Waals surface area contributed by atoms with Crippen LogP contribution in [0.15, 0.2) is 12.4 Å². The number of esters is 1. The highest BCUT2D eigenvalue weighted by Crippen LogP contribution is 2.20. The van der Waals surface area contributed by atoms with E-state index in [9.17, 15) is 9.59 Å². The van der Waals surface area contributed by atoms with Crippen LogP contribution in [0.5, 0.6) is 0 Å². The summed E-state index contributed by atoms with van der Waals surface area (Å²) in [7, 11) is 0. The Morgan fingerprint density at radius 1 is 1.47 bits per heavy atom. The normalized spacial score (nSPS) is 18.4. The van der Waals surface area contributed by atoms with E-state index in [0.717, 1.165) is 6.42 Å². The van der Waals surface area contributed by atoms with Crippen LogP contribution in [0.1, 0.15) is 30.3 Å². The molecule has 1 aliphatic heterocycles. The van der Waals surface area contributed by atoms with Gasteiger partial charge in [0.2, 0.25) is 0 Å². The van der Waals surface area contributed by atoms with E-state index in [2.05, 4.69) is 9.97 Å². The fraction of sp³-hybridized carbons (Fsp3) is 0.500. The average molecular weight is 284 g/mol. The Kier molecular flexibility index (Phi) is 4.31. The van der Waals surface area contributed by atoms with Crippen LogP contribution in [0.3, 0.4) is 0 Å². The molecule has 1 saturated heterocycles. The van der Waals surface area contributed by atoms with Crippen molar-refractivity contribution in [3.05, 3.63) is 23.2 Å². The van der Waals surface area contributed by atoms with Crippen molar-refractivity contribution in [2.45, 2.75) is 25.8 Å². The number of ether oxygens (including phenoxy) is 1. The molecule has 0 aromatic carbocycles. The average Bonchev–Trinajstić information content (AvgIpc) is 2.88. The van der Waals surface area contributed by atoms with Gasteiger partial charge in [-0.3, -0.25) is 4.79 Å². The topological polar surface area (TPSA) is 72.4 Å². The van der Waals surface area contributed by atoms with Crippen molar-refractivity contribution in [1.82, 2.24) is 14.9 Å². The lowest BCUT2D eigenvalue weighted by atomic mass is 10.2. The van der Waals surface area contributed by atoms with E-state index >= 15 is 0 Å². The minimum Gasteiger partial charge on any atom is -0.464 e. The first-order valence-corrected chi connectivity index (χ1v) is 6.46. The largest absolute Gasteiger partial charge is 0.464 e. The number of hydrogen-bond donors (Lipinski definition) is 0. The second-order valence-corrected chi connectivity index (χ2v) is 4.52. The smallest absolute Gasteiger partial charge is 0.328 e. The second kappa shape index (κ2) is 5.97. The molecule has 0 saturated carbocycles. The van der Waals surface area contributed by atoms with Crippen molar-refractivity contribution < 1.29 is 14.3 Å². The van der Waals surface area contributed by atoms with Crippen LogP contribution in [-0.2, 0) is 9.53 Å². The van der Waals surface area contributed by atoms with Crippen LogP contribution in [0, 0.1) is 0 Å². The molecule has 0 bridgehead atoms. The molecule has 1 unspecified atom stereocenters. The molecule has 1 aromatic heterocycles. The summed E-state index contributed by atoms with van der Waals surface area (Å²) in [5.74, 6) is -0.685. The summed E-state index contributed by atoms with van der Waals surface area (Å²) in [5, 5.41) is 0.222. The molecule has 1 amide bonds. The van der Waals surface area contributed by atoms with Crippen LogP contribution >= 0.6 is 11.6 Å². The number of carbonyl (C=O) groups is 2. The first-order chi connectivity index (χ1) is 9.13. The fourth-order valence-electron chi connectivity index (χ4n) is 2.06. The molecule has 1 aliphatic rings. The van der Waals surface area contributed by atoms with Crippen LogP contribution in [-0.4, -0.2) is 45.9 Å². The van der Waals surface area contributed by atoms with Crippen molar-refractivity contribution in [1.29, 1.82) is 0 Å². The summed E-state index contributed by atoms with van der Waals surface area (Å²) in [5.41, 5.74) is 0.181. The van der Waals surface area contributed by atoms with Crippen molar-refractivity contribution in [3.8, 4) is 0 Å². The Morgan fingerprint density at radius 2 is 2.26 bits per heavy atom. The van der Waals surface area contributed by atoms with Gasteiger partial charge in [-0.25, -0.2) is 14.8 Å². The number of nitrogens with zero attached hydrogens (tertiary/aromatic N) is 3. The van der Waals surface area contributed by atoms with Crippen molar-refractivity contribution in [2.24, 2.45) is 0 Å². The van der Waals surface area contributed by atoms with E-state index in [1.54, 1.807) is 6.92 Å². The van der Waals surface area contributed by atoms with E-state index in [-0.39, 0.29) is 22.7 Å². The zero-order valence-corrected chi connectivity index (χ0v) is 11.3. The first-order valence-electron chi connectivity index (χ1n) is 6.08. The van der Waals surface area contributed by atoms with Gasteiger partial charge in [-0.05, 0) is 19.8 Å². The highest BCUT2D eigenvalue weighted by molar-refractivity contribution is 6.29. The molecule has 0 N–H and O–H groups in total. The summed E-state index contributed by atoms with van der Waals surface area (Å²) in [6.45, 7) is 2.56. The van der Waals surface area contributed by atoms with Gasteiger partial charge in [0.25, 0.3) is 5.91 Å². The molecule has 1 fully saturated rings. The summed E-state index contributed by atoms with van der Waals surface area (Å²) in [6.07, 6.45) is 4.01. The van der Waals surface area contributed by atoms with Crippen LogP contribution in [0.25, 0.3) is 0 Å². The van der Waals surface area contributed by atoms with E-state index in [4.69, 9.17) is 16.3 Å². The number of hydrogen-bond acceptors (Lipinski definition) is 5. The van der Waals surface area contributed by atoms with Gasteiger partial charge >= 0.3 is 5.97 Å². The van der Waals surface area contributed by atoms with Gasteiger partial charge in [0.05, 0.1) is 19.0 Å². The molecule has 1 aromatic rings. The Morgan fingerprint density at radius 3 is 2.89 bits per heavy atom. The molecule has 0 aliphatic carbocycles. The SMILES string of the molecule is CCOC(=O)C1CCCN1C(=O)c1cnc(Cl)cn1. The van der Waals surface area contributed by atoms with Crippen LogP contribution < -0.4 is 0 Å². The number of likely N-dealkylation sites (tertiary alicyclic amines) is 1. The Bertz CT molecular complexity index is 478. The summed E-state index contributed by atoms with van der Waals surface area (Å²) in [6, 6.07) is -0.523. The van der Waals surface area contributed by atoms with Crippen molar-refractivity contribution in [2.75, 3.05) is 13.2 Å². The van der Waals surface area contributed by atoms with Crippen molar-refractivity contribution in [3.63, 3.8) is 0 Å². The predicted octanol–water partition coefficient (Wildman–Crippen LogP) is 1.30. The third-order valence-corrected chi connectivity index (χ3v) is 3.11. The molecular formula is C12H14ClN3O3. The summed E-state index contributed by atoms with van der Waals surface area (Å²) in [4.78, 5) is 33.2. The molecule has 0 radical (unpaired) electrons. The highest BCUT2D eigenvalue weighted by atomic mass is 35.5. The van der Waals surface area contributed by atoms with Gasteiger partial charge in [0.1, 0.15) is 16.9 Å². The number of amides is 1.